The van der Waals surface area contributed by atoms with Crippen LogP contribution in [0, 0.1) is 6.92 Å². The monoisotopic (exact) mass is 151 g/mol. The summed E-state index contributed by atoms with van der Waals surface area (Å²) in [5.74, 6) is -0.234. The molecule has 0 aliphatic heterocycles. The zero-order valence-electron chi connectivity index (χ0n) is 6.22. The van der Waals surface area contributed by atoms with Crippen LogP contribution in [-0.4, -0.2) is 10.1 Å². The van der Waals surface area contributed by atoms with E-state index >= 15 is 0 Å². The molecule has 2 N–H and O–H groups in total. The molecule has 0 radical (unpaired) electrons. The third kappa shape index (κ3) is 1.17. The zero-order chi connectivity index (χ0) is 8.43. The minimum Gasteiger partial charge on any atom is -0.503 e. The number of rotatable bonds is 1. The maximum Gasteiger partial charge on any atom is 0.230 e. The van der Waals surface area contributed by atoms with Crippen LogP contribution in [0.25, 0.3) is 6.08 Å². The fourth-order valence-electron chi connectivity index (χ4n) is 0.779. The fraction of sp³-hybridized carbons (Fsp3) is 0.125. The molecule has 0 aromatic carbocycles. The number of nitrogens with one attached hydrogen (secondary N) is 1. The molecule has 58 valence electrons. The van der Waals surface area contributed by atoms with E-state index in [0.717, 1.165) is 0 Å². The van der Waals surface area contributed by atoms with Gasteiger partial charge in [-0.15, -0.1) is 0 Å². The first-order valence-corrected chi connectivity index (χ1v) is 3.20. The molecule has 11 heavy (non-hydrogen) atoms. The number of aromatic hydroxyl groups is 1. The lowest BCUT2D eigenvalue weighted by atomic mass is 10.2. The Morgan fingerprint density at radius 3 is 2.91 bits per heavy atom. The maximum absolute atomic E-state index is 11.1. The van der Waals surface area contributed by atoms with E-state index in [4.69, 9.17) is 5.11 Å². The summed E-state index contributed by atoms with van der Waals surface area (Å²) < 4.78 is 0. The Kier molecular flexibility index (Phi) is 1.81. The summed E-state index contributed by atoms with van der Waals surface area (Å²) in [4.78, 5) is 13.8. The topological polar surface area (TPSA) is 53.1 Å². The Balaban J connectivity index is 3.49. The van der Waals surface area contributed by atoms with Gasteiger partial charge in [-0.05, 0) is 6.92 Å². The van der Waals surface area contributed by atoms with Gasteiger partial charge in [-0.2, -0.15) is 0 Å². The molecule has 0 saturated carbocycles. The quantitative estimate of drug-likeness (QED) is 0.629. The predicted molar refractivity (Wildman–Crippen MR) is 43.6 cm³/mol. The first kappa shape index (κ1) is 7.60. The van der Waals surface area contributed by atoms with Crippen LogP contribution in [0.2, 0.25) is 0 Å². The predicted octanol–water partition coefficient (Wildman–Crippen LogP) is 1.03. The molecule has 1 rings (SSSR count). The van der Waals surface area contributed by atoms with Crippen molar-refractivity contribution < 1.29 is 5.11 Å². The molecule has 0 aliphatic rings. The molecule has 1 heterocycles. The van der Waals surface area contributed by atoms with Crippen LogP contribution in [0.3, 0.4) is 0 Å². The number of H-pyrrole nitrogens is 1. The second kappa shape index (κ2) is 2.62. The highest BCUT2D eigenvalue weighted by Gasteiger charge is 2.03. The normalized spacial score (nSPS) is 9.55. The first-order valence-electron chi connectivity index (χ1n) is 3.20. The molecule has 0 unspecified atom stereocenters. The Bertz CT molecular complexity index is 338. The summed E-state index contributed by atoms with van der Waals surface area (Å²) in [6.07, 6.45) is 2.92. The molecule has 3 nitrogen and oxygen atoms in total. The molecule has 0 saturated heterocycles. The molecule has 0 fully saturated rings. The van der Waals surface area contributed by atoms with Crippen molar-refractivity contribution in [1.82, 2.24) is 4.98 Å². The van der Waals surface area contributed by atoms with Crippen molar-refractivity contribution in [2.24, 2.45) is 0 Å². The van der Waals surface area contributed by atoms with E-state index in [9.17, 15) is 4.79 Å². The summed E-state index contributed by atoms with van der Waals surface area (Å²) in [6.45, 7) is 5.06. The van der Waals surface area contributed by atoms with Crippen LogP contribution in [0.4, 0.5) is 0 Å². The average Bonchev–Trinajstić information content (AvgIpc) is 2.01. The van der Waals surface area contributed by atoms with E-state index in [1.807, 2.05) is 0 Å². The number of hydrogen-bond donors (Lipinski definition) is 2. The van der Waals surface area contributed by atoms with Crippen molar-refractivity contribution in [1.29, 1.82) is 0 Å². The maximum atomic E-state index is 11.1. The third-order valence-electron chi connectivity index (χ3n) is 1.50. The van der Waals surface area contributed by atoms with Gasteiger partial charge in [-0.25, -0.2) is 0 Å². The number of aryl methyl sites for hydroxylation is 1. The zero-order valence-corrected chi connectivity index (χ0v) is 6.22. The Morgan fingerprint density at radius 2 is 2.36 bits per heavy atom. The average molecular weight is 151 g/mol. The standard InChI is InChI=1S/C8H9NO2/c1-3-6-4-9-5(2)7(10)8(6)11/h3-4,10H,1H2,2H3,(H,9,11). The van der Waals surface area contributed by atoms with Crippen LogP contribution in [0.15, 0.2) is 17.6 Å². The molecule has 3 heteroatoms. The van der Waals surface area contributed by atoms with Crippen molar-refractivity contribution in [2.45, 2.75) is 6.92 Å². The van der Waals surface area contributed by atoms with E-state index in [1.165, 1.54) is 12.3 Å². The van der Waals surface area contributed by atoms with Gasteiger partial charge in [-0.1, -0.05) is 12.7 Å². The van der Waals surface area contributed by atoms with Crippen molar-refractivity contribution in [3.05, 3.63) is 34.3 Å². The van der Waals surface area contributed by atoms with E-state index in [1.54, 1.807) is 6.92 Å². The number of hydrogen-bond acceptors (Lipinski definition) is 2. The fourth-order valence-corrected chi connectivity index (χ4v) is 0.779. The van der Waals surface area contributed by atoms with Crippen LogP contribution < -0.4 is 5.43 Å². The molecule has 0 atom stereocenters. The van der Waals surface area contributed by atoms with Crippen molar-refractivity contribution >= 4 is 6.08 Å². The van der Waals surface area contributed by atoms with Gasteiger partial charge in [0.2, 0.25) is 5.43 Å². The highest BCUT2D eigenvalue weighted by atomic mass is 16.3. The minimum absolute atomic E-state index is 0.234. The van der Waals surface area contributed by atoms with Gasteiger partial charge in [-0.3, -0.25) is 4.79 Å². The number of pyridine rings is 1. The summed E-state index contributed by atoms with van der Waals surface area (Å²) >= 11 is 0. The van der Waals surface area contributed by atoms with Crippen molar-refractivity contribution in [3.8, 4) is 5.75 Å². The van der Waals surface area contributed by atoms with Gasteiger partial charge in [0.1, 0.15) is 0 Å². The summed E-state index contributed by atoms with van der Waals surface area (Å²) in [5, 5.41) is 9.13. The van der Waals surface area contributed by atoms with Crippen LogP contribution in [0.5, 0.6) is 5.75 Å². The van der Waals surface area contributed by atoms with E-state index in [0.29, 0.717) is 11.3 Å². The molecule has 0 bridgehead atoms. The lowest BCUT2D eigenvalue weighted by Crippen LogP contribution is -2.06. The van der Waals surface area contributed by atoms with Gasteiger partial charge in [0.05, 0.1) is 5.69 Å². The number of aromatic nitrogens is 1. The van der Waals surface area contributed by atoms with Gasteiger partial charge in [0.15, 0.2) is 5.75 Å². The Morgan fingerprint density at radius 1 is 1.73 bits per heavy atom. The van der Waals surface area contributed by atoms with Gasteiger partial charge in [0, 0.05) is 11.8 Å². The van der Waals surface area contributed by atoms with Gasteiger partial charge >= 0.3 is 0 Å². The minimum atomic E-state index is -0.378. The third-order valence-corrected chi connectivity index (χ3v) is 1.50. The van der Waals surface area contributed by atoms with E-state index in [2.05, 4.69) is 11.6 Å². The van der Waals surface area contributed by atoms with E-state index in [-0.39, 0.29) is 11.2 Å². The molecule has 1 aromatic heterocycles. The second-order valence-corrected chi connectivity index (χ2v) is 2.25. The lowest BCUT2D eigenvalue weighted by molar-refractivity contribution is 0.462. The highest BCUT2D eigenvalue weighted by Crippen LogP contribution is 2.06. The Labute approximate surface area is 64.0 Å². The Hall–Kier alpha value is -1.51. The molecular weight excluding hydrogens is 142 g/mol. The lowest BCUT2D eigenvalue weighted by Gasteiger charge is -1.97. The highest BCUT2D eigenvalue weighted by molar-refractivity contribution is 5.48. The largest absolute Gasteiger partial charge is 0.503 e. The van der Waals surface area contributed by atoms with Crippen molar-refractivity contribution in [2.75, 3.05) is 0 Å². The molecule has 1 aromatic rings. The molecule has 0 spiro atoms. The van der Waals surface area contributed by atoms with E-state index < -0.39 is 0 Å². The molecule has 0 aliphatic carbocycles. The molecule has 0 amide bonds. The number of aromatic amines is 1. The summed E-state index contributed by atoms with van der Waals surface area (Å²) in [6, 6.07) is 0. The summed E-state index contributed by atoms with van der Waals surface area (Å²) in [7, 11) is 0. The van der Waals surface area contributed by atoms with Gasteiger partial charge in [0.25, 0.3) is 0 Å². The van der Waals surface area contributed by atoms with Crippen LogP contribution in [-0.2, 0) is 0 Å². The summed E-state index contributed by atoms with van der Waals surface area (Å²) in [5.41, 5.74) is 0.477. The second-order valence-electron chi connectivity index (χ2n) is 2.25. The van der Waals surface area contributed by atoms with Crippen molar-refractivity contribution in [3.63, 3.8) is 0 Å². The van der Waals surface area contributed by atoms with Crippen LogP contribution in [0.1, 0.15) is 11.3 Å². The van der Waals surface area contributed by atoms with Gasteiger partial charge < -0.3 is 10.1 Å². The molecular formula is C8H9NO2. The SMILES string of the molecule is C=Cc1c[nH]c(C)c(O)c1=O. The first-order chi connectivity index (χ1) is 5.16. The smallest absolute Gasteiger partial charge is 0.230 e. The van der Waals surface area contributed by atoms with Crippen LogP contribution >= 0.6 is 0 Å².